The molecule has 4 N–H and O–H groups in total. The fourth-order valence-corrected chi connectivity index (χ4v) is 3.00. The minimum absolute atomic E-state index is 0.104. The summed E-state index contributed by atoms with van der Waals surface area (Å²) in [6.07, 6.45) is 0.873. The molecule has 0 radical (unpaired) electrons. The first-order chi connectivity index (χ1) is 10.0. The predicted molar refractivity (Wildman–Crippen MR) is 78.8 cm³/mol. The number of fused-ring (bicyclic) bond motifs is 1. The zero-order chi connectivity index (χ0) is 15.0. The number of phenols is 1. The second-order valence-electron chi connectivity index (χ2n) is 5.48. The van der Waals surface area contributed by atoms with Crippen LogP contribution < -0.4 is 10.5 Å². The number of anilines is 1. The third kappa shape index (κ3) is 2.35. The Morgan fingerprint density at radius 3 is 2.48 bits per heavy atom. The van der Waals surface area contributed by atoms with Gasteiger partial charge < -0.3 is 10.4 Å². The molecule has 1 unspecified atom stereocenters. The molecule has 1 atom stereocenters. The Balaban J connectivity index is 2.05. The SMILES string of the molecule is CC1(c2ccc(N(O)O)cc2)NCCc2cc(O)ccc21. The Hall–Kier alpha value is -2.08. The standard InChI is InChI=1S/C16H18N2O3/c1-16(12-2-4-13(5-3-12)18(20)21)15-7-6-14(19)10-11(15)8-9-17-16/h2-7,10,17,19-21H,8-9H2,1H3. The van der Waals surface area contributed by atoms with E-state index in [0.29, 0.717) is 5.69 Å². The van der Waals surface area contributed by atoms with E-state index >= 15 is 0 Å². The smallest absolute Gasteiger partial charge is 0.115 e. The lowest BCUT2D eigenvalue weighted by Gasteiger charge is -2.38. The molecule has 0 spiro atoms. The van der Waals surface area contributed by atoms with Gasteiger partial charge in [-0.05, 0) is 54.3 Å². The van der Waals surface area contributed by atoms with Gasteiger partial charge in [0.15, 0.2) is 0 Å². The monoisotopic (exact) mass is 286 g/mol. The van der Waals surface area contributed by atoms with E-state index in [-0.39, 0.29) is 16.5 Å². The molecule has 0 aliphatic carbocycles. The molecule has 0 fully saturated rings. The third-order valence-corrected chi connectivity index (χ3v) is 4.18. The number of nitrogens with zero attached hydrogens (tertiary/aromatic N) is 1. The molecule has 0 bridgehead atoms. The minimum Gasteiger partial charge on any atom is -0.508 e. The maximum atomic E-state index is 9.64. The van der Waals surface area contributed by atoms with Crippen LogP contribution in [0.15, 0.2) is 42.5 Å². The Bertz CT molecular complexity index is 655. The van der Waals surface area contributed by atoms with Crippen LogP contribution in [0, 0.1) is 0 Å². The van der Waals surface area contributed by atoms with Gasteiger partial charge in [-0.15, -0.1) is 5.23 Å². The summed E-state index contributed by atoms with van der Waals surface area (Å²) < 4.78 is 0. The van der Waals surface area contributed by atoms with Crippen LogP contribution in [0.25, 0.3) is 0 Å². The highest BCUT2D eigenvalue weighted by Gasteiger charge is 2.33. The van der Waals surface area contributed by atoms with Crippen LogP contribution in [0.4, 0.5) is 5.69 Å². The third-order valence-electron chi connectivity index (χ3n) is 4.18. The van der Waals surface area contributed by atoms with Crippen molar-refractivity contribution in [1.82, 2.24) is 5.32 Å². The molecule has 21 heavy (non-hydrogen) atoms. The van der Waals surface area contributed by atoms with E-state index in [1.54, 1.807) is 18.2 Å². The second kappa shape index (κ2) is 5.04. The second-order valence-corrected chi connectivity index (χ2v) is 5.48. The number of hydrogen-bond acceptors (Lipinski definition) is 5. The van der Waals surface area contributed by atoms with Gasteiger partial charge >= 0.3 is 0 Å². The average molecular weight is 286 g/mol. The Morgan fingerprint density at radius 2 is 1.81 bits per heavy atom. The Kier molecular flexibility index (Phi) is 3.33. The van der Waals surface area contributed by atoms with Crippen LogP contribution in [-0.2, 0) is 12.0 Å². The van der Waals surface area contributed by atoms with Gasteiger partial charge in [-0.2, -0.15) is 0 Å². The van der Waals surface area contributed by atoms with Crippen LogP contribution in [-0.4, -0.2) is 22.1 Å². The molecule has 0 aromatic heterocycles. The van der Waals surface area contributed by atoms with E-state index in [0.717, 1.165) is 29.7 Å². The van der Waals surface area contributed by atoms with Crippen molar-refractivity contribution in [3.8, 4) is 5.75 Å². The summed E-state index contributed by atoms with van der Waals surface area (Å²) in [6, 6.07) is 12.5. The average Bonchev–Trinajstić information content (AvgIpc) is 2.47. The highest BCUT2D eigenvalue weighted by atomic mass is 16.8. The van der Waals surface area contributed by atoms with Crippen LogP contribution >= 0.6 is 0 Å². The van der Waals surface area contributed by atoms with Crippen molar-refractivity contribution >= 4 is 5.69 Å². The van der Waals surface area contributed by atoms with Crippen LogP contribution in [0.5, 0.6) is 5.75 Å². The molecule has 1 aliphatic heterocycles. The van der Waals surface area contributed by atoms with Crippen molar-refractivity contribution in [3.05, 3.63) is 59.2 Å². The molecular formula is C16H18N2O3. The number of aromatic hydroxyl groups is 1. The molecule has 0 saturated heterocycles. The zero-order valence-corrected chi connectivity index (χ0v) is 11.7. The maximum Gasteiger partial charge on any atom is 0.115 e. The molecule has 1 aliphatic rings. The summed E-state index contributed by atoms with van der Waals surface area (Å²) in [7, 11) is 0. The van der Waals surface area contributed by atoms with E-state index < -0.39 is 0 Å². The maximum absolute atomic E-state index is 9.64. The van der Waals surface area contributed by atoms with Gasteiger partial charge in [0.05, 0.1) is 11.2 Å². The highest BCUT2D eigenvalue weighted by molar-refractivity contribution is 5.50. The van der Waals surface area contributed by atoms with Gasteiger partial charge in [-0.3, -0.25) is 10.4 Å². The lowest BCUT2D eigenvalue weighted by atomic mass is 9.78. The van der Waals surface area contributed by atoms with Crippen molar-refractivity contribution in [1.29, 1.82) is 0 Å². The molecule has 2 aromatic rings. The van der Waals surface area contributed by atoms with Crippen molar-refractivity contribution in [3.63, 3.8) is 0 Å². The summed E-state index contributed by atoms with van der Waals surface area (Å²) in [5.74, 6) is 0.282. The van der Waals surface area contributed by atoms with Crippen molar-refractivity contribution in [2.24, 2.45) is 0 Å². The molecule has 5 nitrogen and oxygen atoms in total. The summed E-state index contributed by atoms with van der Waals surface area (Å²) in [6.45, 7) is 2.91. The molecule has 5 heteroatoms. The van der Waals surface area contributed by atoms with Gasteiger partial charge in [-0.1, -0.05) is 18.2 Å². The summed E-state index contributed by atoms with van der Waals surface area (Å²) in [5.41, 5.74) is 3.23. The first kappa shape index (κ1) is 13.9. The first-order valence-electron chi connectivity index (χ1n) is 6.86. The van der Waals surface area contributed by atoms with Crippen LogP contribution in [0.3, 0.4) is 0 Å². The number of nitrogens with one attached hydrogen (secondary N) is 1. The largest absolute Gasteiger partial charge is 0.508 e. The summed E-state index contributed by atoms with van der Waals surface area (Å²) in [5, 5.41) is 31.3. The van der Waals surface area contributed by atoms with E-state index in [4.69, 9.17) is 10.4 Å². The Morgan fingerprint density at radius 1 is 1.10 bits per heavy atom. The zero-order valence-electron chi connectivity index (χ0n) is 11.7. The van der Waals surface area contributed by atoms with Crippen molar-refractivity contribution < 1.29 is 15.5 Å². The van der Waals surface area contributed by atoms with Crippen LogP contribution in [0.1, 0.15) is 23.6 Å². The first-order valence-corrected chi connectivity index (χ1v) is 6.86. The molecule has 0 saturated carbocycles. The van der Waals surface area contributed by atoms with E-state index in [2.05, 4.69) is 12.2 Å². The molecule has 3 rings (SSSR count). The summed E-state index contributed by atoms with van der Waals surface area (Å²) in [4.78, 5) is 0. The lowest BCUT2D eigenvalue weighted by Crippen LogP contribution is -2.45. The fourth-order valence-electron chi connectivity index (χ4n) is 3.00. The fraction of sp³-hybridized carbons (Fsp3) is 0.250. The van der Waals surface area contributed by atoms with Gasteiger partial charge in [0.1, 0.15) is 5.75 Å². The number of hydrogen-bond donors (Lipinski definition) is 4. The van der Waals surface area contributed by atoms with Gasteiger partial charge in [-0.25, -0.2) is 0 Å². The number of rotatable bonds is 2. The minimum atomic E-state index is -0.366. The number of phenolic OH excluding ortho intramolecular Hbond substituents is 1. The van der Waals surface area contributed by atoms with Gasteiger partial charge in [0, 0.05) is 6.54 Å². The molecule has 0 amide bonds. The van der Waals surface area contributed by atoms with Crippen LogP contribution in [0.2, 0.25) is 0 Å². The highest BCUT2D eigenvalue weighted by Crippen LogP contribution is 2.36. The molecular weight excluding hydrogens is 268 g/mol. The quantitative estimate of drug-likeness (QED) is 0.638. The van der Waals surface area contributed by atoms with Crippen molar-refractivity contribution in [2.75, 3.05) is 11.8 Å². The summed E-state index contributed by atoms with van der Waals surface area (Å²) >= 11 is 0. The predicted octanol–water partition coefficient (Wildman–Crippen LogP) is 2.39. The van der Waals surface area contributed by atoms with Crippen molar-refractivity contribution in [2.45, 2.75) is 18.9 Å². The normalized spacial score (nSPS) is 20.9. The van der Waals surface area contributed by atoms with E-state index in [1.807, 2.05) is 24.3 Å². The Labute approximate surface area is 123 Å². The lowest BCUT2D eigenvalue weighted by molar-refractivity contribution is 0.0291. The van der Waals surface area contributed by atoms with E-state index in [1.165, 1.54) is 0 Å². The number of benzene rings is 2. The van der Waals surface area contributed by atoms with E-state index in [9.17, 15) is 5.11 Å². The molecule has 1 heterocycles. The topological polar surface area (TPSA) is 76.0 Å². The van der Waals surface area contributed by atoms with Gasteiger partial charge in [0.2, 0.25) is 0 Å². The molecule has 2 aromatic carbocycles. The molecule has 110 valence electrons. The van der Waals surface area contributed by atoms with Gasteiger partial charge in [0.25, 0.3) is 0 Å².